The Morgan fingerprint density at radius 1 is 1.18 bits per heavy atom. The van der Waals surface area contributed by atoms with E-state index in [2.05, 4.69) is 17.1 Å². The van der Waals surface area contributed by atoms with Crippen LogP contribution in [0.3, 0.4) is 0 Å². The minimum Gasteiger partial charge on any atom is -0.370 e. The zero-order chi connectivity index (χ0) is 19.5. The Morgan fingerprint density at radius 3 is 2.93 bits per heavy atom. The minimum atomic E-state index is -0.238. The van der Waals surface area contributed by atoms with Crippen LogP contribution in [0.5, 0.6) is 0 Å². The molecule has 0 unspecified atom stereocenters. The first-order valence-electron chi connectivity index (χ1n) is 8.97. The van der Waals surface area contributed by atoms with Gasteiger partial charge in [0.1, 0.15) is 6.10 Å². The maximum absolute atomic E-state index is 12.1. The average Bonchev–Trinajstić information content (AvgIpc) is 2.73. The van der Waals surface area contributed by atoms with Gasteiger partial charge in [0.05, 0.1) is 18.7 Å². The number of rotatable bonds is 3. The second kappa shape index (κ2) is 8.31. The summed E-state index contributed by atoms with van der Waals surface area (Å²) < 4.78 is 5.92. The van der Waals surface area contributed by atoms with E-state index < -0.39 is 0 Å². The summed E-state index contributed by atoms with van der Waals surface area (Å²) in [6.45, 7) is 1.47. The molecule has 0 spiro atoms. The van der Waals surface area contributed by atoms with Crippen LogP contribution in [0.2, 0.25) is 5.02 Å². The monoisotopic (exact) mass is 412 g/mol. The zero-order valence-electron chi connectivity index (χ0n) is 15.0. The third kappa shape index (κ3) is 4.04. The zero-order valence-corrected chi connectivity index (χ0v) is 16.5. The van der Waals surface area contributed by atoms with Gasteiger partial charge in [0, 0.05) is 34.8 Å². The van der Waals surface area contributed by atoms with E-state index in [1.165, 1.54) is 11.6 Å². The Bertz CT molecular complexity index is 1050. The first-order valence-corrected chi connectivity index (χ1v) is 9.78. The molecule has 2 aromatic carbocycles. The van der Waals surface area contributed by atoms with E-state index in [4.69, 9.17) is 27.9 Å². The van der Waals surface area contributed by atoms with Gasteiger partial charge in [-0.05, 0) is 47.0 Å². The Kier molecular flexibility index (Phi) is 5.62. The van der Waals surface area contributed by atoms with Gasteiger partial charge in [-0.2, -0.15) is 0 Å². The fraction of sp³-hybridized carbons (Fsp3) is 0.182. The summed E-state index contributed by atoms with van der Waals surface area (Å²) in [5, 5.41) is 1.71. The molecule has 0 saturated carbocycles. The largest absolute Gasteiger partial charge is 0.370 e. The molecule has 2 heterocycles. The molecule has 0 N–H and O–H groups in total. The van der Waals surface area contributed by atoms with E-state index in [0.29, 0.717) is 24.7 Å². The maximum Gasteiger partial charge on any atom is 0.247 e. The lowest BCUT2D eigenvalue weighted by atomic mass is 9.98. The highest BCUT2D eigenvalue weighted by atomic mass is 35.5. The van der Waals surface area contributed by atoms with Gasteiger partial charge in [0.2, 0.25) is 5.91 Å². The topological polar surface area (TPSA) is 42.4 Å². The number of fused-ring (bicyclic) bond motifs is 1. The van der Waals surface area contributed by atoms with Crippen molar-refractivity contribution in [1.82, 2.24) is 9.88 Å². The molecule has 3 aromatic rings. The van der Waals surface area contributed by atoms with Gasteiger partial charge in [0.15, 0.2) is 0 Å². The summed E-state index contributed by atoms with van der Waals surface area (Å²) in [5.74, 6) is -0.119. The van der Waals surface area contributed by atoms with E-state index in [-0.39, 0.29) is 12.0 Å². The predicted octanol–water partition coefficient (Wildman–Crippen LogP) is 5.21. The molecule has 1 saturated heterocycles. The second-order valence-electron chi connectivity index (χ2n) is 6.62. The predicted molar refractivity (Wildman–Crippen MR) is 112 cm³/mol. The number of carbonyl (C=O) groups is 1. The number of pyridine rings is 1. The minimum absolute atomic E-state index is 0.119. The van der Waals surface area contributed by atoms with Crippen molar-refractivity contribution < 1.29 is 9.53 Å². The smallest absolute Gasteiger partial charge is 0.247 e. The van der Waals surface area contributed by atoms with Gasteiger partial charge in [0.25, 0.3) is 0 Å². The van der Waals surface area contributed by atoms with Gasteiger partial charge >= 0.3 is 0 Å². The van der Waals surface area contributed by atoms with Crippen LogP contribution in [0.4, 0.5) is 0 Å². The van der Waals surface area contributed by atoms with Crippen LogP contribution in [-0.2, 0) is 9.53 Å². The Hall–Kier alpha value is -2.40. The second-order valence-corrected chi connectivity index (χ2v) is 7.31. The molecule has 6 heteroatoms. The quantitative estimate of drug-likeness (QED) is 0.554. The van der Waals surface area contributed by atoms with Crippen LogP contribution in [0.15, 0.2) is 66.3 Å². The molecule has 1 fully saturated rings. The molecule has 0 aliphatic carbocycles. The summed E-state index contributed by atoms with van der Waals surface area (Å²) in [4.78, 5) is 18.3. The van der Waals surface area contributed by atoms with E-state index in [0.717, 1.165) is 27.6 Å². The number of ether oxygens (including phenoxy) is 1. The lowest BCUT2D eigenvalue weighted by Crippen LogP contribution is -2.41. The molecule has 0 radical (unpaired) electrons. The number of aromatic nitrogens is 1. The molecule has 4 nitrogen and oxygen atoms in total. The van der Waals surface area contributed by atoms with Crippen LogP contribution < -0.4 is 0 Å². The summed E-state index contributed by atoms with van der Waals surface area (Å²) in [6, 6.07) is 16.0. The number of amides is 1. The number of hydrogen-bond acceptors (Lipinski definition) is 3. The van der Waals surface area contributed by atoms with Crippen molar-refractivity contribution in [1.29, 1.82) is 0 Å². The van der Waals surface area contributed by atoms with E-state index in [9.17, 15) is 4.79 Å². The van der Waals surface area contributed by atoms with Gasteiger partial charge in [-0.3, -0.25) is 9.78 Å². The Balaban J connectivity index is 1.65. The van der Waals surface area contributed by atoms with Crippen molar-refractivity contribution in [2.75, 3.05) is 19.7 Å². The van der Waals surface area contributed by atoms with Crippen LogP contribution in [0.1, 0.15) is 11.7 Å². The van der Waals surface area contributed by atoms with Crippen molar-refractivity contribution in [2.24, 2.45) is 0 Å². The SMILES string of the molecule is O=C(/C=C\Cl)N1CCO[C@H](c2cc(Cl)cc(-c3ccc4cccnc4c3)c2)C1. The fourth-order valence-corrected chi connectivity index (χ4v) is 3.77. The van der Waals surface area contributed by atoms with E-state index in [1.807, 2.05) is 36.4 Å². The van der Waals surface area contributed by atoms with Crippen LogP contribution in [-0.4, -0.2) is 35.5 Å². The lowest BCUT2D eigenvalue weighted by Gasteiger charge is -2.32. The molecule has 1 aliphatic rings. The average molecular weight is 413 g/mol. The summed E-state index contributed by atoms with van der Waals surface area (Å²) >= 11 is 11.9. The highest BCUT2D eigenvalue weighted by Gasteiger charge is 2.25. The number of morpholine rings is 1. The molecule has 1 amide bonds. The van der Waals surface area contributed by atoms with Gasteiger partial charge in [-0.25, -0.2) is 0 Å². The molecule has 0 bridgehead atoms. The molecule has 4 rings (SSSR count). The summed E-state index contributed by atoms with van der Waals surface area (Å²) in [6.07, 6.45) is 2.90. The number of nitrogens with zero attached hydrogens (tertiary/aromatic N) is 2. The van der Waals surface area contributed by atoms with Gasteiger partial charge in [-0.15, -0.1) is 0 Å². The van der Waals surface area contributed by atoms with E-state index in [1.54, 1.807) is 11.1 Å². The van der Waals surface area contributed by atoms with E-state index >= 15 is 0 Å². The molecule has 1 aromatic heterocycles. The van der Waals surface area contributed by atoms with Crippen LogP contribution in [0, 0.1) is 0 Å². The van der Waals surface area contributed by atoms with Crippen molar-refractivity contribution in [3.63, 3.8) is 0 Å². The number of benzene rings is 2. The number of halogens is 2. The molecule has 142 valence electrons. The number of carbonyl (C=O) groups excluding carboxylic acids is 1. The van der Waals surface area contributed by atoms with Crippen LogP contribution >= 0.6 is 23.2 Å². The number of hydrogen-bond donors (Lipinski definition) is 0. The highest BCUT2D eigenvalue weighted by Crippen LogP contribution is 2.31. The van der Waals surface area contributed by atoms with Gasteiger partial charge in [-0.1, -0.05) is 41.4 Å². The van der Waals surface area contributed by atoms with Gasteiger partial charge < -0.3 is 9.64 Å². The highest BCUT2D eigenvalue weighted by molar-refractivity contribution is 6.31. The normalized spacial score (nSPS) is 17.4. The lowest BCUT2D eigenvalue weighted by molar-refractivity contribution is -0.133. The third-order valence-electron chi connectivity index (χ3n) is 4.81. The molecular weight excluding hydrogens is 395 g/mol. The van der Waals surface area contributed by atoms with Crippen molar-refractivity contribution in [3.05, 3.63) is 76.9 Å². The fourth-order valence-electron chi connectivity index (χ4n) is 3.42. The standard InChI is InChI=1S/C22H18Cl2N2O2/c23-6-5-22(27)26-8-9-28-21(14-26)18-10-17(11-19(24)12-18)16-4-3-15-2-1-7-25-20(15)13-16/h1-7,10-13,21H,8-9,14H2/b6-5-/t21-/m0/s1. The third-order valence-corrected chi connectivity index (χ3v) is 5.16. The molecular formula is C22H18Cl2N2O2. The van der Waals surface area contributed by atoms with Crippen molar-refractivity contribution in [3.8, 4) is 11.1 Å². The molecule has 1 atom stereocenters. The first kappa shape index (κ1) is 18.9. The van der Waals surface area contributed by atoms with Crippen molar-refractivity contribution in [2.45, 2.75) is 6.10 Å². The summed E-state index contributed by atoms with van der Waals surface area (Å²) in [5.41, 5.74) is 5.13. The summed E-state index contributed by atoms with van der Waals surface area (Å²) in [7, 11) is 0. The van der Waals surface area contributed by atoms with Crippen LogP contribution in [0.25, 0.3) is 22.0 Å². The molecule has 28 heavy (non-hydrogen) atoms. The Morgan fingerprint density at radius 2 is 2.07 bits per heavy atom. The molecule has 1 aliphatic heterocycles. The maximum atomic E-state index is 12.1. The Labute approximate surface area is 173 Å². The first-order chi connectivity index (χ1) is 13.6. The van der Waals surface area contributed by atoms with Crippen molar-refractivity contribution >= 4 is 40.0 Å².